The molecule has 22 heavy (non-hydrogen) atoms. The molecule has 0 aromatic carbocycles. The summed E-state index contributed by atoms with van der Waals surface area (Å²) < 4.78 is 67.6. The van der Waals surface area contributed by atoms with Gasteiger partial charge in [0.15, 0.2) is 0 Å². The molecule has 2 N–H and O–H groups in total. The van der Waals surface area contributed by atoms with Crippen LogP contribution in [0.25, 0.3) is 0 Å². The number of pyridine rings is 1. The van der Waals surface area contributed by atoms with Gasteiger partial charge in [0.25, 0.3) is 5.92 Å². The number of sulfonamides is 1. The lowest BCUT2D eigenvalue weighted by Gasteiger charge is -2.37. The number of alkyl halides is 2. The van der Waals surface area contributed by atoms with Gasteiger partial charge in [0.05, 0.1) is 25.6 Å². The van der Waals surface area contributed by atoms with Crippen molar-refractivity contribution in [2.75, 3.05) is 26.2 Å². The van der Waals surface area contributed by atoms with Crippen LogP contribution in [0.4, 0.5) is 13.2 Å². The van der Waals surface area contributed by atoms with Crippen molar-refractivity contribution < 1.29 is 26.3 Å². The number of halogens is 3. The van der Waals surface area contributed by atoms with Crippen LogP contribution in [0, 0.1) is 0 Å². The first-order chi connectivity index (χ1) is 10.3. The number of aromatic nitrogens is 1. The summed E-state index contributed by atoms with van der Waals surface area (Å²) in [7, 11) is -3.99. The van der Waals surface area contributed by atoms with Gasteiger partial charge in [-0.1, -0.05) is 0 Å². The lowest BCUT2D eigenvalue weighted by Crippen LogP contribution is -2.58. The second-order valence-electron chi connectivity index (χ2n) is 4.72. The number of hydrogen-bond acceptors (Lipinski definition) is 5. The van der Waals surface area contributed by atoms with Crippen molar-refractivity contribution in [2.45, 2.75) is 10.8 Å². The molecule has 0 bridgehead atoms. The standard InChI is InChI=1S/C12H14F3N3O3S/c13-3-9(4-16)6-21-11-2-1-10(5-17-11)22(19,20)18-7-12(14,15)8-18/h1-3,5H,4,6-8,16H2. The van der Waals surface area contributed by atoms with E-state index in [4.69, 9.17) is 10.5 Å². The van der Waals surface area contributed by atoms with E-state index in [0.717, 1.165) is 6.20 Å². The summed E-state index contributed by atoms with van der Waals surface area (Å²) in [6.07, 6.45) is 1.32. The van der Waals surface area contributed by atoms with E-state index in [0.29, 0.717) is 10.6 Å². The number of nitrogens with two attached hydrogens (primary N) is 1. The topological polar surface area (TPSA) is 85.5 Å². The zero-order valence-electron chi connectivity index (χ0n) is 11.4. The van der Waals surface area contributed by atoms with Gasteiger partial charge in [0, 0.05) is 18.2 Å². The molecular weight excluding hydrogens is 323 g/mol. The summed E-state index contributed by atoms with van der Waals surface area (Å²) in [6, 6.07) is 2.45. The summed E-state index contributed by atoms with van der Waals surface area (Å²) >= 11 is 0. The third kappa shape index (κ3) is 3.57. The predicted molar refractivity (Wildman–Crippen MR) is 71.7 cm³/mol. The molecule has 0 amide bonds. The Labute approximate surface area is 125 Å². The minimum atomic E-state index is -3.99. The minimum absolute atomic E-state index is 0.0217. The molecule has 0 aliphatic carbocycles. The first-order valence-electron chi connectivity index (χ1n) is 6.23. The monoisotopic (exact) mass is 337 g/mol. The highest BCUT2D eigenvalue weighted by atomic mass is 32.2. The molecule has 1 aromatic heterocycles. The van der Waals surface area contributed by atoms with Crippen LogP contribution >= 0.6 is 0 Å². The summed E-state index contributed by atoms with van der Waals surface area (Å²) in [5, 5.41) is 0. The number of ether oxygens (including phenoxy) is 1. The van der Waals surface area contributed by atoms with Gasteiger partial charge >= 0.3 is 0 Å². The maximum absolute atomic E-state index is 12.8. The lowest BCUT2D eigenvalue weighted by molar-refractivity contribution is -0.0945. The van der Waals surface area contributed by atoms with Crippen molar-refractivity contribution in [3.8, 4) is 5.88 Å². The molecule has 10 heteroatoms. The normalized spacial score (nSPS) is 18.8. The van der Waals surface area contributed by atoms with Crippen molar-refractivity contribution >= 4 is 10.0 Å². The quantitative estimate of drug-likeness (QED) is 0.834. The summed E-state index contributed by atoms with van der Waals surface area (Å²) in [5.41, 5.74) is 5.46. The average molecular weight is 337 g/mol. The van der Waals surface area contributed by atoms with Crippen molar-refractivity contribution in [1.82, 2.24) is 9.29 Å². The Kier molecular flexibility index (Phi) is 4.73. The van der Waals surface area contributed by atoms with E-state index in [1.54, 1.807) is 0 Å². The first kappa shape index (κ1) is 16.7. The maximum atomic E-state index is 12.8. The summed E-state index contributed by atoms with van der Waals surface area (Å²) in [4.78, 5) is 3.54. The fraction of sp³-hybridized carbons (Fsp3) is 0.417. The Balaban J connectivity index is 2.03. The van der Waals surface area contributed by atoms with E-state index in [9.17, 15) is 21.6 Å². The summed E-state index contributed by atoms with van der Waals surface area (Å²) in [5.74, 6) is -2.92. The van der Waals surface area contributed by atoms with Crippen LogP contribution in [0.15, 0.2) is 35.1 Å². The summed E-state index contributed by atoms with van der Waals surface area (Å²) in [6.45, 7) is -1.82. The second kappa shape index (κ2) is 6.23. The molecule has 6 nitrogen and oxygen atoms in total. The molecule has 1 saturated heterocycles. The van der Waals surface area contributed by atoms with E-state index in [2.05, 4.69) is 4.98 Å². The zero-order valence-corrected chi connectivity index (χ0v) is 12.2. The fourth-order valence-corrected chi connectivity index (χ4v) is 3.14. The molecule has 0 radical (unpaired) electrons. The van der Waals surface area contributed by atoms with E-state index in [1.165, 1.54) is 12.1 Å². The second-order valence-corrected chi connectivity index (χ2v) is 6.66. The molecule has 1 aromatic rings. The smallest absolute Gasteiger partial charge is 0.275 e. The van der Waals surface area contributed by atoms with E-state index >= 15 is 0 Å². The van der Waals surface area contributed by atoms with Gasteiger partial charge in [0.1, 0.15) is 11.5 Å². The Hall–Kier alpha value is -1.65. The third-order valence-electron chi connectivity index (χ3n) is 2.98. The molecule has 0 saturated carbocycles. The highest BCUT2D eigenvalue weighted by Gasteiger charge is 2.49. The van der Waals surface area contributed by atoms with Crippen molar-refractivity contribution in [1.29, 1.82) is 0 Å². The maximum Gasteiger partial charge on any atom is 0.275 e. The Bertz CT molecular complexity index is 654. The van der Waals surface area contributed by atoms with Gasteiger partial charge in [0.2, 0.25) is 15.9 Å². The van der Waals surface area contributed by atoms with Crippen molar-refractivity contribution in [2.24, 2.45) is 5.73 Å². The molecule has 1 aliphatic rings. The van der Waals surface area contributed by atoms with Crippen LogP contribution in [0.5, 0.6) is 5.88 Å². The number of hydrogen-bond donors (Lipinski definition) is 1. The minimum Gasteiger partial charge on any atom is -0.473 e. The first-order valence-corrected chi connectivity index (χ1v) is 7.67. The van der Waals surface area contributed by atoms with Crippen LogP contribution in [0.3, 0.4) is 0 Å². The van der Waals surface area contributed by atoms with Gasteiger partial charge in [-0.2, -0.15) is 4.31 Å². The van der Waals surface area contributed by atoms with E-state index in [-0.39, 0.29) is 29.5 Å². The Morgan fingerprint density at radius 1 is 1.45 bits per heavy atom. The lowest BCUT2D eigenvalue weighted by atomic mass is 10.2. The molecule has 0 spiro atoms. The largest absolute Gasteiger partial charge is 0.473 e. The molecule has 0 atom stereocenters. The fourth-order valence-electron chi connectivity index (χ4n) is 1.70. The molecule has 1 fully saturated rings. The number of nitrogens with zero attached hydrogens (tertiary/aromatic N) is 2. The van der Waals surface area contributed by atoms with Gasteiger partial charge in [-0.15, -0.1) is 0 Å². The van der Waals surface area contributed by atoms with Crippen LogP contribution in [0.2, 0.25) is 0 Å². The third-order valence-corrected chi connectivity index (χ3v) is 4.76. The van der Waals surface area contributed by atoms with Crippen LogP contribution in [-0.2, 0) is 10.0 Å². The van der Waals surface area contributed by atoms with Gasteiger partial charge in [-0.25, -0.2) is 26.6 Å². The molecule has 1 aliphatic heterocycles. The van der Waals surface area contributed by atoms with Crippen LogP contribution in [0.1, 0.15) is 0 Å². The van der Waals surface area contributed by atoms with Gasteiger partial charge < -0.3 is 10.5 Å². The SMILES string of the molecule is NCC(=CF)COc1ccc(S(=O)(=O)N2CC(F)(F)C2)cn1. The Morgan fingerprint density at radius 2 is 2.14 bits per heavy atom. The van der Waals surface area contributed by atoms with E-state index < -0.39 is 29.0 Å². The molecular formula is C12H14F3N3O3S. The van der Waals surface area contributed by atoms with Gasteiger partial charge in [-0.3, -0.25) is 0 Å². The van der Waals surface area contributed by atoms with E-state index in [1.807, 2.05) is 0 Å². The molecule has 2 rings (SSSR count). The average Bonchev–Trinajstić information content (AvgIpc) is 2.46. The number of rotatable bonds is 6. The van der Waals surface area contributed by atoms with Crippen molar-refractivity contribution in [3.63, 3.8) is 0 Å². The molecule has 0 unspecified atom stereocenters. The molecule has 122 valence electrons. The van der Waals surface area contributed by atoms with Gasteiger partial charge in [-0.05, 0) is 6.07 Å². The highest BCUT2D eigenvalue weighted by molar-refractivity contribution is 7.89. The van der Waals surface area contributed by atoms with Crippen LogP contribution < -0.4 is 10.5 Å². The predicted octanol–water partition coefficient (Wildman–Crippen LogP) is 0.912. The molecule has 2 heterocycles. The highest BCUT2D eigenvalue weighted by Crippen LogP contribution is 2.32. The zero-order chi connectivity index (χ0) is 16.4. The van der Waals surface area contributed by atoms with Crippen molar-refractivity contribution in [3.05, 3.63) is 30.2 Å². The Morgan fingerprint density at radius 3 is 2.59 bits per heavy atom. The van der Waals surface area contributed by atoms with Crippen LogP contribution in [-0.4, -0.2) is 49.9 Å².